The molecule has 0 bridgehead atoms. The van der Waals surface area contributed by atoms with E-state index in [0.29, 0.717) is 18.6 Å². The van der Waals surface area contributed by atoms with Gasteiger partial charge in [0.2, 0.25) is 0 Å². The Morgan fingerprint density at radius 1 is 0.639 bits per heavy atom. The van der Waals surface area contributed by atoms with E-state index in [1.54, 1.807) is 35.5 Å². The van der Waals surface area contributed by atoms with Gasteiger partial charge in [-0.2, -0.15) is 0 Å². The Hall–Kier alpha value is 0.171. The zero-order valence-corrected chi connectivity index (χ0v) is 28.2. The van der Waals surface area contributed by atoms with E-state index in [-0.39, 0.29) is 0 Å². The van der Waals surface area contributed by atoms with Crippen molar-refractivity contribution in [2.45, 2.75) is 44.8 Å². The molecule has 0 aliphatic heterocycles. The molecule has 0 saturated heterocycles. The smallest absolute Gasteiger partial charge is 0.398 e. The number of nitrogens with two attached hydrogens (primary N) is 3. The molecule has 36 heavy (non-hydrogen) atoms. The topological polar surface area (TPSA) is 164 Å². The minimum atomic E-state index is -2.41. The van der Waals surface area contributed by atoms with Crippen molar-refractivity contribution in [3.05, 3.63) is 0 Å². The quantitative estimate of drug-likeness (QED) is 0.143. The van der Waals surface area contributed by atoms with Crippen molar-refractivity contribution in [2.75, 3.05) is 90.2 Å². The lowest BCUT2D eigenvalue weighted by molar-refractivity contribution is 0.122. The van der Waals surface area contributed by atoms with Crippen molar-refractivity contribution in [3.8, 4) is 0 Å². The van der Waals surface area contributed by atoms with Gasteiger partial charge in [0.1, 0.15) is 0 Å². The predicted molar refractivity (Wildman–Crippen MR) is 154 cm³/mol. The first kappa shape index (κ1) is 43.2. The zero-order chi connectivity index (χ0) is 29.1. The molecule has 0 saturated carbocycles. The predicted octanol–water partition coefficient (Wildman–Crippen LogP) is 1.14. The summed E-state index contributed by atoms with van der Waals surface area (Å²) < 4.78 is 41.3. The van der Waals surface area contributed by atoms with E-state index < -0.39 is 26.2 Å². The lowest BCUT2D eigenvalue weighted by atomic mass is 10.1. The normalized spacial score (nSPS) is 12.4. The Morgan fingerprint density at radius 2 is 1.03 bits per heavy atom. The number of nitrogens with one attached hydrogen (secondary N) is 1. The van der Waals surface area contributed by atoms with Gasteiger partial charge in [-0.25, -0.2) is 0 Å². The molecule has 0 aromatic rings. The summed E-state index contributed by atoms with van der Waals surface area (Å²) >= 11 is 0. The van der Waals surface area contributed by atoms with Crippen molar-refractivity contribution in [1.82, 2.24) is 5.32 Å². The van der Waals surface area contributed by atoms with Crippen LogP contribution < -0.4 is 22.5 Å². The highest BCUT2D eigenvalue weighted by atomic mass is 28.4. The van der Waals surface area contributed by atoms with E-state index >= 15 is 0 Å². The molecule has 12 nitrogen and oxygen atoms in total. The van der Waals surface area contributed by atoms with Gasteiger partial charge in [0.05, 0.1) is 6.17 Å². The molecule has 0 heterocycles. The second kappa shape index (κ2) is 28.2. The molecule has 0 aromatic carbocycles. The first-order valence-corrected chi connectivity index (χ1v) is 18.5. The molecule has 15 heteroatoms. The summed E-state index contributed by atoms with van der Waals surface area (Å²) in [5.41, 5.74) is 16.2. The molecule has 0 aliphatic rings. The molecule has 1 unspecified atom stereocenters. The first-order chi connectivity index (χ1) is 17.0. The third kappa shape index (κ3) is 22.2. The van der Waals surface area contributed by atoms with Gasteiger partial charge in [0.25, 0.3) is 0 Å². The molecule has 0 aromatic heterocycles. The van der Waals surface area contributed by atoms with Crippen LogP contribution in [0.5, 0.6) is 0 Å². The van der Waals surface area contributed by atoms with Gasteiger partial charge >= 0.3 is 26.2 Å². The van der Waals surface area contributed by atoms with Gasteiger partial charge in [0.15, 0.2) is 0 Å². The Kier molecular flexibility index (Phi) is 33.8. The Morgan fingerprint density at radius 3 is 1.25 bits per heavy atom. The van der Waals surface area contributed by atoms with Gasteiger partial charge in [-0.3, -0.25) is 0 Å². The van der Waals surface area contributed by atoms with Crippen LogP contribution >= 0.6 is 0 Å². The summed E-state index contributed by atoms with van der Waals surface area (Å²) in [5, 5.41) is 2.75. The molecule has 224 valence electrons. The molecule has 0 spiro atoms. The van der Waals surface area contributed by atoms with Crippen molar-refractivity contribution in [2.24, 2.45) is 23.1 Å². The van der Waals surface area contributed by atoms with Crippen LogP contribution in [-0.4, -0.2) is 116 Å². The van der Waals surface area contributed by atoms with Crippen LogP contribution in [0.3, 0.4) is 0 Å². The number of hydrogen-bond donors (Lipinski definition) is 4. The van der Waals surface area contributed by atoms with E-state index in [0.717, 1.165) is 37.9 Å². The Balaban J connectivity index is -0.000000204. The van der Waals surface area contributed by atoms with E-state index in [4.69, 9.17) is 52.6 Å². The molecule has 0 rings (SSSR count). The van der Waals surface area contributed by atoms with Crippen molar-refractivity contribution >= 4 is 26.2 Å². The highest BCUT2D eigenvalue weighted by Gasteiger charge is 2.37. The second-order valence-electron chi connectivity index (χ2n) is 7.96. The molecule has 0 fully saturated rings. The minimum Gasteiger partial charge on any atom is -0.398 e. The van der Waals surface area contributed by atoms with Gasteiger partial charge in [-0.15, -0.1) is 0 Å². The SMILES string of the molecule is CNC.CO[Si](C)(CCC(C)CN)OC.CO[Si](CCCCN)(OC)OC.CO[Si](CN)(OC)OC. The number of rotatable bonds is 17. The minimum absolute atomic E-state index is 0.316. The first-order valence-electron chi connectivity index (χ1n) is 12.1. The van der Waals surface area contributed by atoms with Crippen LogP contribution in [0.25, 0.3) is 0 Å². The maximum atomic E-state index is 5.52. The van der Waals surface area contributed by atoms with Crippen molar-refractivity contribution in [1.29, 1.82) is 0 Å². The lowest BCUT2D eigenvalue weighted by Crippen LogP contribution is -2.50. The maximum Gasteiger partial charge on any atom is 0.514 e. The van der Waals surface area contributed by atoms with Gasteiger partial charge in [0, 0.05) is 62.9 Å². The molecular formula is C21H60N4O8Si3. The van der Waals surface area contributed by atoms with Gasteiger partial charge in [-0.1, -0.05) is 6.92 Å². The number of hydrogen-bond acceptors (Lipinski definition) is 12. The van der Waals surface area contributed by atoms with E-state index in [1.807, 2.05) is 14.1 Å². The Bertz CT molecular complexity index is 412. The second-order valence-corrected chi connectivity index (χ2v) is 17.6. The summed E-state index contributed by atoms with van der Waals surface area (Å²) in [6.45, 7) is 5.69. The highest BCUT2D eigenvalue weighted by Crippen LogP contribution is 2.17. The summed E-state index contributed by atoms with van der Waals surface area (Å²) in [6, 6.07) is 1.87. The van der Waals surface area contributed by atoms with Crippen LogP contribution in [0.2, 0.25) is 18.6 Å². The fraction of sp³-hybridized carbons (Fsp3) is 1.00. The van der Waals surface area contributed by atoms with Crippen LogP contribution in [0, 0.1) is 5.92 Å². The average Bonchev–Trinajstić information content (AvgIpc) is 2.92. The summed E-state index contributed by atoms with van der Waals surface area (Å²) in [4.78, 5) is 0. The lowest BCUT2D eigenvalue weighted by Gasteiger charge is -2.23. The molecule has 7 N–H and O–H groups in total. The van der Waals surface area contributed by atoms with Crippen molar-refractivity contribution < 1.29 is 35.4 Å². The zero-order valence-electron chi connectivity index (χ0n) is 25.2. The monoisotopic (exact) mass is 580 g/mol. The summed E-state index contributed by atoms with van der Waals surface area (Å²) in [6.07, 6.45) is 3.40. The van der Waals surface area contributed by atoms with Crippen molar-refractivity contribution in [3.63, 3.8) is 0 Å². The van der Waals surface area contributed by atoms with Gasteiger partial charge < -0.3 is 57.9 Å². The third-order valence-corrected chi connectivity index (χ3v) is 13.5. The fourth-order valence-electron chi connectivity index (χ4n) is 2.46. The fourth-order valence-corrected chi connectivity index (χ4v) is 6.84. The summed E-state index contributed by atoms with van der Waals surface area (Å²) in [7, 11) is 10.1. The van der Waals surface area contributed by atoms with Crippen LogP contribution in [0.4, 0.5) is 0 Å². The summed E-state index contributed by atoms with van der Waals surface area (Å²) in [5.74, 6) is 0.571. The molecular weight excluding hydrogens is 521 g/mol. The molecule has 1 atom stereocenters. The van der Waals surface area contributed by atoms with Crippen LogP contribution in [-0.2, 0) is 35.4 Å². The van der Waals surface area contributed by atoms with E-state index in [1.165, 1.54) is 21.3 Å². The molecule has 0 amide bonds. The highest BCUT2D eigenvalue weighted by molar-refractivity contribution is 6.65. The molecule has 0 aliphatic carbocycles. The van der Waals surface area contributed by atoms with E-state index in [2.05, 4.69) is 18.8 Å². The standard InChI is InChI=1S/C8H21NO2Si.C7H19NO3Si.C4H13NO3Si.C2H7N/c1-8(7-9)5-6-12(4,10-2)11-3;1-9-12(10-2,11-3)7-5-4-6-8;1-6-9(4-5,7-2)8-3;1-3-2/h8H,5-7,9H2,1-4H3;4-8H2,1-3H3;4-5H2,1-3H3;3H,1-2H3. The Labute approximate surface area is 225 Å². The third-order valence-electron chi connectivity index (χ3n) is 5.41. The van der Waals surface area contributed by atoms with E-state index in [9.17, 15) is 0 Å². The largest absolute Gasteiger partial charge is 0.514 e. The average molecular weight is 581 g/mol. The molecule has 0 radical (unpaired) electrons. The number of unbranched alkanes of at least 4 members (excludes halogenated alkanes) is 1. The van der Waals surface area contributed by atoms with Gasteiger partial charge in [-0.05, 0) is 65.0 Å². The van der Waals surface area contributed by atoms with Crippen LogP contribution in [0.15, 0.2) is 0 Å². The maximum absolute atomic E-state index is 5.52. The van der Waals surface area contributed by atoms with Crippen LogP contribution in [0.1, 0.15) is 26.2 Å².